The van der Waals surface area contributed by atoms with E-state index in [1.54, 1.807) is 13.2 Å². The molecule has 6 heteroatoms. The van der Waals surface area contributed by atoms with Crippen LogP contribution in [0.4, 0.5) is 4.39 Å². The lowest BCUT2D eigenvalue weighted by Gasteiger charge is -2.23. The number of hydrogen-bond acceptors (Lipinski definition) is 4. The Kier molecular flexibility index (Phi) is 7.43. The number of nitrogens with one attached hydrogen (secondary N) is 3. The molecule has 1 saturated heterocycles. The Labute approximate surface area is 190 Å². The highest BCUT2D eigenvalue weighted by atomic mass is 19.1. The zero-order valence-electron chi connectivity index (χ0n) is 19.0. The number of benzene rings is 2. The maximum atomic E-state index is 13.9. The quantitative estimate of drug-likeness (QED) is 0.602. The van der Waals surface area contributed by atoms with E-state index < -0.39 is 0 Å². The molecular weight excluding hydrogens is 405 g/mol. The highest BCUT2D eigenvalue weighted by molar-refractivity contribution is 5.94. The fourth-order valence-corrected chi connectivity index (χ4v) is 4.98. The first-order valence-electron chi connectivity index (χ1n) is 11.7. The SMILES string of the molecule is COc1cc(F)cc([C@@H](C)N[C@H]2CC[C@@H](c3ccc(C(=O)NC4CCNCC4)cc3)C2)c1. The first kappa shape index (κ1) is 22.7. The predicted molar refractivity (Wildman–Crippen MR) is 125 cm³/mol. The van der Waals surface area contributed by atoms with E-state index in [2.05, 4.69) is 35.0 Å². The van der Waals surface area contributed by atoms with Crippen LogP contribution in [0.15, 0.2) is 42.5 Å². The molecule has 2 aromatic carbocycles. The third-order valence-electron chi connectivity index (χ3n) is 6.87. The van der Waals surface area contributed by atoms with Crippen LogP contribution in [-0.2, 0) is 0 Å². The molecule has 5 nitrogen and oxygen atoms in total. The molecule has 0 bridgehead atoms. The fourth-order valence-electron chi connectivity index (χ4n) is 4.98. The molecule has 1 aliphatic carbocycles. The Morgan fingerprint density at radius 2 is 1.81 bits per heavy atom. The number of carbonyl (C=O) groups excluding carboxylic acids is 1. The topological polar surface area (TPSA) is 62.4 Å². The van der Waals surface area contributed by atoms with Crippen LogP contribution in [0.5, 0.6) is 5.75 Å². The van der Waals surface area contributed by atoms with Crippen molar-refractivity contribution in [3.63, 3.8) is 0 Å². The predicted octanol–water partition coefficient (Wildman–Crippen LogP) is 4.30. The lowest BCUT2D eigenvalue weighted by atomic mass is 9.96. The lowest BCUT2D eigenvalue weighted by Crippen LogP contribution is -2.42. The highest BCUT2D eigenvalue weighted by Crippen LogP contribution is 2.36. The van der Waals surface area contributed by atoms with Crippen molar-refractivity contribution >= 4 is 5.91 Å². The minimum Gasteiger partial charge on any atom is -0.497 e. The summed E-state index contributed by atoms with van der Waals surface area (Å²) in [6.07, 6.45) is 5.20. The third-order valence-corrected chi connectivity index (χ3v) is 6.87. The molecule has 172 valence electrons. The van der Waals surface area contributed by atoms with Gasteiger partial charge in [-0.3, -0.25) is 4.79 Å². The number of rotatable bonds is 7. The molecule has 0 spiro atoms. The fraction of sp³-hybridized carbons (Fsp3) is 0.500. The minimum absolute atomic E-state index is 0.0220. The van der Waals surface area contributed by atoms with Gasteiger partial charge in [-0.25, -0.2) is 4.39 Å². The maximum absolute atomic E-state index is 13.9. The number of amides is 1. The second-order valence-corrected chi connectivity index (χ2v) is 9.14. The van der Waals surface area contributed by atoms with E-state index in [4.69, 9.17) is 4.74 Å². The van der Waals surface area contributed by atoms with Crippen molar-refractivity contribution in [2.45, 2.75) is 63.1 Å². The average Bonchev–Trinajstić information content (AvgIpc) is 3.27. The Balaban J connectivity index is 1.31. The Morgan fingerprint density at radius 3 is 2.53 bits per heavy atom. The summed E-state index contributed by atoms with van der Waals surface area (Å²) in [4.78, 5) is 12.5. The summed E-state index contributed by atoms with van der Waals surface area (Å²) < 4.78 is 19.1. The van der Waals surface area contributed by atoms with Gasteiger partial charge < -0.3 is 20.7 Å². The van der Waals surface area contributed by atoms with Crippen LogP contribution >= 0.6 is 0 Å². The van der Waals surface area contributed by atoms with Crippen LogP contribution in [0.1, 0.15) is 72.5 Å². The number of piperidine rings is 1. The Bertz CT molecular complexity index is 912. The van der Waals surface area contributed by atoms with E-state index in [0.717, 1.165) is 56.3 Å². The van der Waals surface area contributed by atoms with E-state index in [1.807, 2.05) is 18.2 Å². The molecule has 3 N–H and O–H groups in total. The van der Waals surface area contributed by atoms with Crippen LogP contribution in [0.3, 0.4) is 0 Å². The highest BCUT2D eigenvalue weighted by Gasteiger charge is 2.27. The first-order chi connectivity index (χ1) is 15.5. The smallest absolute Gasteiger partial charge is 0.251 e. The van der Waals surface area contributed by atoms with Crippen LogP contribution < -0.4 is 20.7 Å². The van der Waals surface area contributed by atoms with Gasteiger partial charge >= 0.3 is 0 Å². The van der Waals surface area contributed by atoms with Crippen LogP contribution in [0.2, 0.25) is 0 Å². The molecule has 1 amide bonds. The molecule has 32 heavy (non-hydrogen) atoms. The zero-order valence-corrected chi connectivity index (χ0v) is 19.0. The van der Waals surface area contributed by atoms with E-state index in [0.29, 0.717) is 17.7 Å². The number of carbonyl (C=O) groups is 1. The molecule has 2 aromatic rings. The first-order valence-corrected chi connectivity index (χ1v) is 11.7. The van der Waals surface area contributed by atoms with Crippen molar-refractivity contribution < 1.29 is 13.9 Å². The van der Waals surface area contributed by atoms with Gasteiger partial charge in [-0.15, -0.1) is 0 Å². The molecular formula is C26H34FN3O2. The second-order valence-electron chi connectivity index (χ2n) is 9.14. The summed E-state index contributed by atoms with van der Waals surface area (Å²) >= 11 is 0. The number of hydrogen-bond donors (Lipinski definition) is 3. The molecule has 4 rings (SSSR count). The number of ether oxygens (including phenoxy) is 1. The molecule has 0 radical (unpaired) electrons. The molecule has 1 heterocycles. The van der Waals surface area contributed by atoms with Crippen LogP contribution in [-0.4, -0.2) is 38.2 Å². The van der Waals surface area contributed by atoms with Crippen LogP contribution in [0, 0.1) is 5.82 Å². The normalized spacial score (nSPS) is 22.5. The number of halogens is 1. The molecule has 0 aromatic heterocycles. The van der Waals surface area contributed by atoms with Gasteiger partial charge in [0.2, 0.25) is 0 Å². The van der Waals surface area contributed by atoms with E-state index in [-0.39, 0.29) is 23.8 Å². The van der Waals surface area contributed by atoms with E-state index >= 15 is 0 Å². The van der Waals surface area contributed by atoms with E-state index in [1.165, 1.54) is 11.6 Å². The Hall–Kier alpha value is -2.44. The summed E-state index contributed by atoms with van der Waals surface area (Å²) in [6.45, 7) is 4.00. The van der Waals surface area contributed by atoms with Gasteiger partial charge in [0.1, 0.15) is 11.6 Å². The lowest BCUT2D eigenvalue weighted by molar-refractivity contribution is 0.0929. The zero-order chi connectivity index (χ0) is 22.5. The maximum Gasteiger partial charge on any atom is 0.251 e. The van der Waals surface area contributed by atoms with Crippen molar-refractivity contribution in [3.8, 4) is 5.75 Å². The molecule has 1 saturated carbocycles. The van der Waals surface area contributed by atoms with Crippen molar-refractivity contribution in [1.29, 1.82) is 0 Å². The number of methoxy groups -OCH3 is 1. The van der Waals surface area contributed by atoms with Crippen molar-refractivity contribution in [2.75, 3.05) is 20.2 Å². The molecule has 2 aliphatic rings. The second kappa shape index (κ2) is 10.5. The molecule has 3 atom stereocenters. The molecule has 1 aliphatic heterocycles. The van der Waals surface area contributed by atoms with Gasteiger partial charge in [0, 0.05) is 29.8 Å². The minimum atomic E-state index is -0.276. The van der Waals surface area contributed by atoms with Gasteiger partial charge in [-0.1, -0.05) is 12.1 Å². The average molecular weight is 440 g/mol. The molecule has 2 fully saturated rings. The van der Waals surface area contributed by atoms with Crippen LogP contribution in [0.25, 0.3) is 0 Å². The standard InChI is InChI=1S/C26H34FN3O2/c1-17(21-13-22(27)16-25(15-21)32-2)29-24-8-7-20(14-24)18-3-5-19(6-4-18)26(31)30-23-9-11-28-12-10-23/h3-6,13,15-17,20,23-24,28-29H,7-12,14H2,1-2H3,(H,30,31)/t17-,20-,24+/m1/s1. The molecule has 0 unspecified atom stereocenters. The monoisotopic (exact) mass is 439 g/mol. The largest absolute Gasteiger partial charge is 0.497 e. The summed E-state index contributed by atoms with van der Waals surface area (Å²) in [5, 5.41) is 10.1. The summed E-state index contributed by atoms with van der Waals surface area (Å²) in [5.74, 6) is 0.765. The van der Waals surface area contributed by atoms with Crippen molar-refractivity contribution in [3.05, 3.63) is 65.0 Å². The van der Waals surface area contributed by atoms with Gasteiger partial charge in [0.15, 0.2) is 0 Å². The van der Waals surface area contributed by atoms with Gasteiger partial charge in [-0.2, -0.15) is 0 Å². The van der Waals surface area contributed by atoms with Gasteiger partial charge in [0.05, 0.1) is 7.11 Å². The van der Waals surface area contributed by atoms with Gasteiger partial charge in [-0.05, 0) is 93.4 Å². The van der Waals surface area contributed by atoms with Crippen molar-refractivity contribution in [2.24, 2.45) is 0 Å². The summed E-state index contributed by atoms with van der Waals surface area (Å²) in [5.41, 5.74) is 2.91. The summed E-state index contributed by atoms with van der Waals surface area (Å²) in [7, 11) is 1.56. The van der Waals surface area contributed by atoms with Crippen molar-refractivity contribution in [1.82, 2.24) is 16.0 Å². The third kappa shape index (κ3) is 5.67. The van der Waals surface area contributed by atoms with E-state index in [9.17, 15) is 9.18 Å². The Morgan fingerprint density at radius 1 is 1.06 bits per heavy atom. The summed E-state index contributed by atoms with van der Waals surface area (Å²) in [6, 6.07) is 13.7. The van der Waals surface area contributed by atoms with Gasteiger partial charge in [0.25, 0.3) is 5.91 Å².